The van der Waals surface area contributed by atoms with Gasteiger partial charge < -0.3 is 19.7 Å². The van der Waals surface area contributed by atoms with Crippen molar-refractivity contribution in [2.24, 2.45) is 0 Å². The lowest BCUT2D eigenvalue weighted by Crippen LogP contribution is -2.27. The molecule has 0 amide bonds. The molecule has 1 aromatic rings. The van der Waals surface area contributed by atoms with Crippen molar-refractivity contribution in [1.29, 1.82) is 0 Å². The molecule has 1 aromatic carbocycles. The Bertz CT molecular complexity index is 336. The Balaban J connectivity index is 2.61. The molecule has 0 aliphatic heterocycles. The Kier molecular flexibility index (Phi) is 6.54. The van der Waals surface area contributed by atoms with Gasteiger partial charge in [-0.3, -0.25) is 0 Å². The van der Waals surface area contributed by atoms with Crippen molar-refractivity contribution in [3.63, 3.8) is 0 Å². The first-order valence-corrected chi connectivity index (χ1v) is 6.42. The van der Waals surface area contributed by atoms with Gasteiger partial charge in [0.05, 0.1) is 17.9 Å². The molecule has 4 heteroatoms. The molecule has 0 fully saturated rings. The average molecular weight is 252 g/mol. The minimum absolute atomic E-state index is 0.199. The molecule has 18 heavy (non-hydrogen) atoms. The van der Waals surface area contributed by atoms with E-state index in [-0.39, 0.29) is 6.29 Å². The molecule has 0 aliphatic carbocycles. The summed E-state index contributed by atoms with van der Waals surface area (Å²) in [6, 6.07) is 8.19. The van der Waals surface area contributed by atoms with Crippen LogP contribution < -0.4 is 10.2 Å². The maximum absolute atomic E-state index is 5.51. The molecule has 0 heterocycles. The van der Waals surface area contributed by atoms with Crippen LogP contribution in [-0.2, 0) is 9.47 Å². The summed E-state index contributed by atoms with van der Waals surface area (Å²) in [4.78, 5) is 2.08. The predicted molar refractivity (Wildman–Crippen MR) is 76.3 cm³/mol. The highest BCUT2D eigenvalue weighted by Gasteiger charge is 2.09. The van der Waals surface area contributed by atoms with Crippen molar-refractivity contribution in [2.75, 3.05) is 44.1 Å². The van der Waals surface area contributed by atoms with Crippen LogP contribution in [0, 0.1) is 0 Å². The third-order valence-electron chi connectivity index (χ3n) is 2.55. The van der Waals surface area contributed by atoms with Crippen molar-refractivity contribution >= 4 is 11.4 Å². The zero-order valence-corrected chi connectivity index (χ0v) is 11.8. The zero-order valence-electron chi connectivity index (χ0n) is 11.8. The number of nitrogens with one attached hydrogen (secondary N) is 1. The van der Waals surface area contributed by atoms with Crippen LogP contribution in [0.3, 0.4) is 0 Å². The molecular weight excluding hydrogens is 228 g/mol. The molecule has 0 spiro atoms. The van der Waals surface area contributed by atoms with Crippen LogP contribution in [0.2, 0.25) is 0 Å². The van der Waals surface area contributed by atoms with Gasteiger partial charge in [0.2, 0.25) is 0 Å². The number of rotatable bonds is 8. The van der Waals surface area contributed by atoms with Crippen molar-refractivity contribution in [2.45, 2.75) is 20.1 Å². The van der Waals surface area contributed by atoms with Gasteiger partial charge in [0.25, 0.3) is 0 Å². The van der Waals surface area contributed by atoms with Gasteiger partial charge in [-0.25, -0.2) is 0 Å². The fourth-order valence-electron chi connectivity index (χ4n) is 1.74. The standard InChI is InChI=1S/C14H24N2O2/c1-5-17-14(18-6-2)11-15-12-9-7-8-10-13(12)16(3)4/h7-10,14-15H,5-6,11H2,1-4H3. The summed E-state index contributed by atoms with van der Waals surface area (Å²) in [6.45, 7) is 5.90. The van der Waals surface area contributed by atoms with E-state index in [0.29, 0.717) is 19.8 Å². The fraction of sp³-hybridized carbons (Fsp3) is 0.571. The van der Waals surface area contributed by atoms with Gasteiger partial charge in [0, 0.05) is 27.3 Å². The van der Waals surface area contributed by atoms with Crippen LogP contribution in [-0.4, -0.2) is 40.1 Å². The summed E-state index contributed by atoms with van der Waals surface area (Å²) >= 11 is 0. The Morgan fingerprint density at radius 1 is 1.11 bits per heavy atom. The fourth-order valence-corrected chi connectivity index (χ4v) is 1.74. The maximum Gasteiger partial charge on any atom is 0.174 e. The van der Waals surface area contributed by atoms with E-state index in [2.05, 4.69) is 22.3 Å². The van der Waals surface area contributed by atoms with E-state index >= 15 is 0 Å². The van der Waals surface area contributed by atoms with Gasteiger partial charge in [-0.05, 0) is 26.0 Å². The van der Waals surface area contributed by atoms with Crippen molar-refractivity contribution in [3.05, 3.63) is 24.3 Å². The first kappa shape index (κ1) is 14.8. The lowest BCUT2D eigenvalue weighted by Gasteiger charge is -2.21. The van der Waals surface area contributed by atoms with Gasteiger partial charge in [-0.15, -0.1) is 0 Å². The van der Waals surface area contributed by atoms with Crippen molar-refractivity contribution in [3.8, 4) is 0 Å². The minimum Gasteiger partial charge on any atom is -0.378 e. The van der Waals surface area contributed by atoms with E-state index in [9.17, 15) is 0 Å². The Labute approximate surface area is 110 Å². The van der Waals surface area contributed by atoms with Crippen LogP contribution in [0.15, 0.2) is 24.3 Å². The number of ether oxygens (including phenoxy) is 2. The number of hydrogen-bond donors (Lipinski definition) is 1. The lowest BCUT2D eigenvalue weighted by atomic mass is 10.2. The van der Waals surface area contributed by atoms with E-state index in [1.54, 1.807) is 0 Å². The van der Waals surface area contributed by atoms with E-state index in [1.807, 2.05) is 40.1 Å². The summed E-state index contributed by atoms with van der Waals surface area (Å²) in [7, 11) is 4.06. The number of benzene rings is 1. The maximum atomic E-state index is 5.51. The van der Waals surface area contributed by atoms with Crippen molar-refractivity contribution in [1.82, 2.24) is 0 Å². The van der Waals surface area contributed by atoms with E-state index < -0.39 is 0 Å². The van der Waals surface area contributed by atoms with Gasteiger partial charge in [-0.1, -0.05) is 12.1 Å². The monoisotopic (exact) mass is 252 g/mol. The van der Waals surface area contributed by atoms with Gasteiger partial charge in [0.1, 0.15) is 0 Å². The second kappa shape index (κ2) is 7.95. The summed E-state index contributed by atoms with van der Waals surface area (Å²) in [6.07, 6.45) is -0.199. The summed E-state index contributed by atoms with van der Waals surface area (Å²) < 4.78 is 11.0. The van der Waals surface area contributed by atoms with E-state index in [4.69, 9.17) is 9.47 Å². The Morgan fingerprint density at radius 2 is 1.72 bits per heavy atom. The second-order valence-electron chi connectivity index (χ2n) is 4.13. The van der Waals surface area contributed by atoms with Gasteiger partial charge in [-0.2, -0.15) is 0 Å². The largest absolute Gasteiger partial charge is 0.378 e. The van der Waals surface area contributed by atoms with E-state index in [1.165, 1.54) is 0 Å². The normalized spacial score (nSPS) is 10.7. The van der Waals surface area contributed by atoms with Crippen LogP contribution in [0.25, 0.3) is 0 Å². The zero-order chi connectivity index (χ0) is 13.4. The number of hydrogen-bond acceptors (Lipinski definition) is 4. The molecule has 102 valence electrons. The quantitative estimate of drug-likeness (QED) is 0.721. The molecule has 0 saturated heterocycles. The highest BCUT2D eigenvalue weighted by atomic mass is 16.7. The smallest absolute Gasteiger partial charge is 0.174 e. The van der Waals surface area contributed by atoms with Crippen molar-refractivity contribution < 1.29 is 9.47 Å². The molecule has 0 unspecified atom stereocenters. The second-order valence-corrected chi connectivity index (χ2v) is 4.13. The molecule has 0 atom stereocenters. The topological polar surface area (TPSA) is 33.7 Å². The molecule has 1 rings (SSSR count). The number of anilines is 2. The third kappa shape index (κ3) is 4.55. The van der Waals surface area contributed by atoms with Crippen LogP contribution in [0.5, 0.6) is 0 Å². The highest BCUT2D eigenvalue weighted by molar-refractivity contribution is 5.69. The molecule has 0 aromatic heterocycles. The van der Waals surface area contributed by atoms with Crippen LogP contribution in [0.4, 0.5) is 11.4 Å². The summed E-state index contributed by atoms with van der Waals surface area (Å²) in [5.41, 5.74) is 2.25. The Morgan fingerprint density at radius 3 is 2.28 bits per heavy atom. The first-order valence-electron chi connectivity index (χ1n) is 6.42. The van der Waals surface area contributed by atoms with Crippen LogP contribution >= 0.6 is 0 Å². The Hall–Kier alpha value is -1.26. The molecule has 1 N–H and O–H groups in total. The highest BCUT2D eigenvalue weighted by Crippen LogP contribution is 2.23. The number of nitrogens with zero attached hydrogens (tertiary/aromatic N) is 1. The molecule has 4 nitrogen and oxygen atoms in total. The predicted octanol–water partition coefficient (Wildman–Crippen LogP) is 2.56. The molecular formula is C14H24N2O2. The summed E-state index contributed by atoms with van der Waals surface area (Å²) in [5.74, 6) is 0. The number of para-hydroxylation sites is 2. The third-order valence-corrected chi connectivity index (χ3v) is 2.55. The molecule has 0 radical (unpaired) electrons. The average Bonchev–Trinajstić information content (AvgIpc) is 2.36. The first-order chi connectivity index (χ1) is 8.69. The lowest BCUT2D eigenvalue weighted by molar-refractivity contribution is -0.126. The molecule has 0 saturated carbocycles. The molecule has 0 bridgehead atoms. The van der Waals surface area contributed by atoms with Gasteiger partial charge >= 0.3 is 0 Å². The minimum atomic E-state index is -0.199. The van der Waals surface area contributed by atoms with E-state index in [0.717, 1.165) is 11.4 Å². The van der Waals surface area contributed by atoms with Gasteiger partial charge in [0.15, 0.2) is 6.29 Å². The molecule has 0 aliphatic rings. The SMILES string of the molecule is CCOC(CNc1ccccc1N(C)C)OCC. The van der Waals surface area contributed by atoms with Crippen LogP contribution in [0.1, 0.15) is 13.8 Å². The summed E-state index contributed by atoms with van der Waals surface area (Å²) in [5, 5.41) is 3.37.